The minimum Gasteiger partial charge on any atom is -0.496 e. The Labute approximate surface area is 153 Å². The van der Waals surface area contributed by atoms with Gasteiger partial charge in [-0.2, -0.15) is 0 Å². The summed E-state index contributed by atoms with van der Waals surface area (Å²) >= 11 is 0. The fraction of sp³-hybridized carbons (Fsp3) is 0.667. The molecule has 0 saturated heterocycles. The number of methoxy groups -OCH3 is 1. The van der Waals surface area contributed by atoms with Crippen LogP contribution in [-0.2, 0) is 22.0 Å². The van der Waals surface area contributed by atoms with Crippen molar-refractivity contribution in [2.75, 3.05) is 27.7 Å². The van der Waals surface area contributed by atoms with E-state index in [0.29, 0.717) is 13.0 Å². The van der Waals surface area contributed by atoms with Crippen molar-refractivity contribution in [2.24, 2.45) is 0 Å². The summed E-state index contributed by atoms with van der Waals surface area (Å²) in [6.45, 7) is 13.8. The summed E-state index contributed by atoms with van der Waals surface area (Å²) in [6, 6.07) is 4.17. The largest absolute Gasteiger partial charge is 0.496 e. The molecule has 0 aliphatic rings. The summed E-state index contributed by atoms with van der Waals surface area (Å²) in [5, 5.41) is 6.17. The van der Waals surface area contributed by atoms with Gasteiger partial charge in [-0.05, 0) is 30.5 Å². The van der Waals surface area contributed by atoms with E-state index < -0.39 is 0 Å². The molecule has 0 bridgehead atoms. The Hall–Kier alpha value is -1.39. The molecule has 0 fully saturated rings. The van der Waals surface area contributed by atoms with E-state index in [4.69, 9.17) is 4.74 Å². The summed E-state index contributed by atoms with van der Waals surface area (Å²) in [7, 11) is 5.37. The first kappa shape index (κ1) is 21.7. The number of hydrogen-bond acceptors (Lipinski definition) is 4. The number of ether oxygens (including phenoxy) is 1. The predicted octanol–water partition coefficient (Wildman–Crippen LogP) is 3.21. The fourth-order valence-corrected chi connectivity index (χ4v) is 2.94. The molecule has 0 aliphatic carbocycles. The second-order valence-corrected chi connectivity index (χ2v) is 8.76. The molecule has 1 atom stereocenters. The van der Waals surface area contributed by atoms with E-state index in [-0.39, 0.29) is 22.7 Å². The number of carbonyl (C=O) groups excluding carboxylic acids is 1. The van der Waals surface area contributed by atoms with Crippen molar-refractivity contribution < 1.29 is 9.53 Å². The maximum Gasteiger partial charge on any atom is 0.155 e. The van der Waals surface area contributed by atoms with Crippen molar-refractivity contribution in [2.45, 2.75) is 64.8 Å². The van der Waals surface area contributed by atoms with Crippen LogP contribution >= 0.6 is 0 Å². The van der Waals surface area contributed by atoms with Crippen molar-refractivity contribution in [3.8, 4) is 5.75 Å². The lowest BCUT2D eigenvalue weighted by Crippen LogP contribution is -2.42. The zero-order valence-electron chi connectivity index (χ0n) is 17.5. The van der Waals surface area contributed by atoms with Gasteiger partial charge in [-0.1, -0.05) is 53.7 Å². The van der Waals surface area contributed by atoms with E-state index in [1.54, 1.807) is 7.11 Å². The highest BCUT2D eigenvalue weighted by Crippen LogP contribution is 2.38. The maximum atomic E-state index is 12.8. The van der Waals surface area contributed by atoms with Gasteiger partial charge in [-0.3, -0.25) is 4.79 Å². The molecule has 0 aliphatic heterocycles. The van der Waals surface area contributed by atoms with Crippen molar-refractivity contribution in [3.05, 3.63) is 28.8 Å². The number of benzene rings is 1. The molecule has 25 heavy (non-hydrogen) atoms. The van der Waals surface area contributed by atoms with Gasteiger partial charge in [0.2, 0.25) is 0 Å². The second kappa shape index (κ2) is 8.33. The number of carbonyl (C=O) groups is 1. The van der Waals surface area contributed by atoms with Gasteiger partial charge in [0.1, 0.15) is 5.75 Å². The third-order valence-electron chi connectivity index (χ3n) is 4.55. The number of ketones is 1. The van der Waals surface area contributed by atoms with Gasteiger partial charge in [-0.15, -0.1) is 0 Å². The molecule has 2 N–H and O–H groups in total. The maximum absolute atomic E-state index is 12.8. The van der Waals surface area contributed by atoms with Gasteiger partial charge in [0.05, 0.1) is 13.2 Å². The normalized spacial score (nSPS) is 13.6. The van der Waals surface area contributed by atoms with Crippen LogP contribution in [0, 0.1) is 0 Å². The molecular weight excluding hydrogens is 312 g/mol. The van der Waals surface area contributed by atoms with Crippen LogP contribution in [-0.4, -0.2) is 39.6 Å². The van der Waals surface area contributed by atoms with Crippen LogP contribution < -0.4 is 15.4 Å². The van der Waals surface area contributed by atoms with E-state index in [1.165, 1.54) is 5.56 Å². The van der Waals surface area contributed by atoms with E-state index >= 15 is 0 Å². The van der Waals surface area contributed by atoms with E-state index in [1.807, 2.05) is 14.1 Å². The lowest BCUT2D eigenvalue weighted by atomic mass is 9.78. The molecule has 0 saturated carbocycles. The number of Topliss-reactive ketones (excluding diaryl/α,β-unsaturated/α-hetero) is 1. The van der Waals surface area contributed by atoms with Crippen LogP contribution in [0.1, 0.15) is 58.2 Å². The average Bonchev–Trinajstić information content (AvgIpc) is 2.49. The van der Waals surface area contributed by atoms with E-state index in [9.17, 15) is 4.79 Å². The lowest BCUT2D eigenvalue weighted by Gasteiger charge is -2.29. The van der Waals surface area contributed by atoms with Crippen molar-refractivity contribution in [1.29, 1.82) is 0 Å². The zero-order chi connectivity index (χ0) is 19.4. The molecule has 0 heterocycles. The molecule has 4 nitrogen and oxygen atoms in total. The highest BCUT2D eigenvalue weighted by atomic mass is 16.5. The van der Waals surface area contributed by atoms with Crippen LogP contribution in [0.25, 0.3) is 0 Å². The van der Waals surface area contributed by atoms with E-state index in [0.717, 1.165) is 16.9 Å². The highest BCUT2D eigenvalue weighted by molar-refractivity contribution is 5.87. The Kier molecular flexibility index (Phi) is 7.21. The van der Waals surface area contributed by atoms with Crippen LogP contribution in [0.5, 0.6) is 5.75 Å². The molecule has 1 unspecified atom stereocenters. The zero-order valence-corrected chi connectivity index (χ0v) is 17.5. The summed E-state index contributed by atoms with van der Waals surface area (Å²) < 4.78 is 5.76. The Balaban J connectivity index is 3.44. The summed E-state index contributed by atoms with van der Waals surface area (Å²) in [6.07, 6.45) is 0.364. The first-order valence-electron chi connectivity index (χ1n) is 9.02. The number of nitrogens with one attached hydrogen (secondary N) is 2. The highest BCUT2D eigenvalue weighted by Gasteiger charge is 2.27. The average molecular weight is 349 g/mol. The molecule has 142 valence electrons. The van der Waals surface area contributed by atoms with Gasteiger partial charge in [0.25, 0.3) is 0 Å². The van der Waals surface area contributed by atoms with Gasteiger partial charge in [0.15, 0.2) is 5.78 Å². The van der Waals surface area contributed by atoms with Crippen molar-refractivity contribution in [3.63, 3.8) is 0 Å². The SMILES string of the molecule is CNCC(NC)C(=O)Cc1cc(C(C)(C)C)cc(C(C)(C)C)c1OC. The van der Waals surface area contributed by atoms with Crippen LogP contribution in [0.3, 0.4) is 0 Å². The van der Waals surface area contributed by atoms with Crippen LogP contribution in [0.2, 0.25) is 0 Å². The van der Waals surface area contributed by atoms with Crippen LogP contribution in [0.15, 0.2) is 12.1 Å². The molecule has 0 spiro atoms. The standard InChI is InChI=1S/C21H36N2O2/c1-20(2,3)15-10-14(11-18(24)17(23-8)13-22-7)19(25-9)16(12-15)21(4,5)6/h10,12,17,22-23H,11,13H2,1-9H3. The molecule has 0 amide bonds. The fourth-order valence-electron chi connectivity index (χ4n) is 2.94. The lowest BCUT2D eigenvalue weighted by molar-refractivity contribution is -0.120. The number of likely N-dealkylation sites (N-methyl/N-ethyl adjacent to an activating group) is 2. The van der Waals surface area contributed by atoms with Gasteiger partial charge in [-0.25, -0.2) is 0 Å². The molecule has 0 radical (unpaired) electrons. The first-order chi connectivity index (χ1) is 11.5. The third kappa shape index (κ3) is 5.55. The van der Waals surface area contributed by atoms with Gasteiger partial charge < -0.3 is 15.4 Å². The topological polar surface area (TPSA) is 50.4 Å². The molecule has 0 aromatic heterocycles. The second-order valence-electron chi connectivity index (χ2n) is 8.76. The van der Waals surface area contributed by atoms with Gasteiger partial charge in [0, 0.05) is 24.1 Å². The quantitative estimate of drug-likeness (QED) is 0.794. The molecule has 1 aromatic rings. The van der Waals surface area contributed by atoms with E-state index in [2.05, 4.69) is 64.3 Å². The molecular formula is C21H36N2O2. The van der Waals surface area contributed by atoms with Crippen LogP contribution in [0.4, 0.5) is 0 Å². The predicted molar refractivity (Wildman–Crippen MR) is 106 cm³/mol. The molecule has 1 rings (SSSR count). The first-order valence-corrected chi connectivity index (χ1v) is 9.02. The Morgan fingerprint density at radius 3 is 2.08 bits per heavy atom. The third-order valence-corrected chi connectivity index (χ3v) is 4.55. The minimum atomic E-state index is -0.203. The van der Waals surface area contributed by atoms with Crippen molar-refractivity contribution >= 4 is 5.78 Å². The molecule has 4 heteroatoms. The molecule has 1 aromatic carbocycles. The Bertz CT molecular complexity index is 595. The summed E-state index contributed by atoms with van der Waals surface area (Å²) in [5.41, 5.74) is 3.31. The smallest absolute Gasteiger partial charge is 0.155 e. The van der Waals surface area contributed by atoms with Crippen molar-refractivity contribution in [1.82, 2.24) is 10.6 Å². The Morgan fingerprint density at radius 2 is 1.68 bits per heavy atom. The van der Waals surface area contributed by atoms with Gasteiger partial charge >= 0.3 is 0 Å². The Morgan fingerprint density at radius 1 is 1.08 bits per heavy atom. The monoisotopic (exact) mass is 348 g/mol. The number of rotatable bonds is 7. The summed E-state index contributed by atoms with van der Waals surface area (Å²) in [5.74, 6) is 1.01. The number of hydrogen-bond donors (Lipinski definition) is 2. The minimum absolute atomic E-state index is 0.0114. The summed E-state index contributed by atoms with van der Waals surface area (Å²) in [4.78, 5) is 12.8.